The molecule has 1 fully saturated rings. The molecule has 0 bridgehead atoms. The van der Waals surface area contributed by atoms with Crippen LogP contribution < -0.4 is 15.5 Å². The van der Waals surface area contributed by atoms with Crippen LogP contribution in [0, 0.1) is 0 Å². The summed E-state index contributed by atoms with van der Waals surface area (Å²) in [7, 11) is 0. The standard InChI is InChI=1S/C24H26N4O/c1-18(19-7-3-2-4-8-19)26-23-14-9-20(17-25-23)24(29)27-21-10-12-22(13-11-21)28-15-5-6-16-28/h2-4,7-14,17-18H,5-6,15-16H2,1H3,(H,25,26)(H,27,29). The lowest BCUT2D eigenvalue weighted by Crippen LogP contribution is -2.17. The first-order valence-electron chi connectivity index (χ1n) is 10.1. The third-order valence-corrected chi connectivity index (χ3v) is 5.29. The maximum atomic E-state index is 12.5. The summed E-state index contributed by atoms with van der Waals surface area (Å²) in [5.41, 5.74) is 3.73. The summed E-state index contributed by atoms with van der Waals surface area (Å²) in [5, 5.41) is 6.30. The van der Waals surface area contributed by atoms with Crippen LogP contribution in [0.1, 0.15) is 41.7 Å². The molecule has 0 radical (unpaired) electrons. The Bertz CT molecular complexity index is 933. The molecule has 1 atom stereocenters. The highest BCUT2D eigenvalue weighted by Crippen LogP contribution is 2.22. The Morgan fingerprint density at radius 3 is 2.34 bits per heavy atom. The molecular formula is C24H26N4O. The predicted molar refractivity (Wildman–Crippen MR) is 119 cm³/mol. The number of amides is 1. The largest absolute Gasteiger partial charge is 0.372 e. The van der Waals surface area contributed by atoms with Crippen LogP contribution in [0.5, 0.6) is 0 Å². The van der Waals surface area contributed by atoms with E-state index in [1.54, 1.807) is 12.3 Å². The maximum Gasteiger partial charge on any atom is 0.257 e. The molecule has 2 heterocycles. The van der Waals surface area contributed by atoms with E-state index in [0.29, 0.717) is 5.56 Å². The van der Waals surface area contributed by atoms with E-state index in [2.05, 4.69) is 51.7 Å². The van der Waals surface area contributed by atoms with Gasteiger partial charge in [0.2, 0.25) is 0 Å². The van der Waals surface area contributed by atoms with Crippen molar-refractivity contribution in [1.82, 2.24) is 4.98 Å². The van der Waals surface area contributed by atoms with E-state index < -0.39 is 0 Å². The first kappa shape index (κ1) is 19.0. The number of nitrogens with one attached hydrogen (secondary N) is 2. The van der Waals surface area contributed by atoms with E-state index in [-0.39, 0.29) is 11.9 Å². The summed E-state index contributed by atoms with van der Waals surface area (Å²) in [5.74, 6) is 0.585. The summed E-state index contributed by atoms with van der Waals surface area (Å²) in [6, 6.07) is 22.0. The van der Waals surface area contributed by atoms with Gasteiger partial charge in [-0.1, -0.05) is 30.3 Å². The van der Waals surface area contributed by atoms with E-state index in [0.717, 1.165) is 24.6 Å². The zero-order valence-electron chi connectivity index (χ0n) is 16.6. The molecule has 5 heteroatoms. The van der Waals surface area contributed by atoms with Crippen molar-refractivity contribution in [3.63, 3.8) is 0 Å². The topological polar surface area (TPSA) is 57.3 Å². The van der Waals surface area contributed by atoms with Crippen LogP contribution in [0.25, 0.3) is 0 Å². The monoisotopic (exact) mass is 386 g/mol. The number of hydrogen-bond donors (Lipinski definition) is 2. The molecule has 2 aromatic carbocycles. The zero-order valence-corrected chi connectivity index (χ0v) is 16.6. The minimum atomic E-state index is -0.158. The van der Waals surface area contributed by atoms with Gasteiger partial charge in [-0.2, -0.15) is 0 Å². The third kappa shape index (κ3) is 4.74. The molecule has 29 heavy (non-hydrogen) atoms. The van der Waals surface area contributed by atoms with Gasteiger partial charge in [0.15, 0.2) is 0 Å². The van der Waals surface area contributed by atoms with Gasteiger partial charge in [-0.15, -0.1) is 0 Å². The van der Waals surface area contributed by atoms with Crippen molar-refractivity contribution in [3.05, 3.63) is 84.1 Å². The number of pyridine rings is 1. The van der Waals surface area contributed by atoms with Crippen LogP contribution in [0.4, 0.5) is 17.2 Å². The number of rotatable bonds is 6. The van der Waals surface area contributed by atoms with Crippen molar-refractivity contribution >= 4 is 23.1 Å². The van der Waals surface area contributed by atoms with Crippen molar-refractivity contribution in [2.45, 2.75) is 25.8 Å². The van der Waals surface area contributed by atoms with Gasteiger partial charge in [0.1, 0.15) is 5.82 Å². The molecule has 0 saturated carbocycles. The van der Waals surface area contributed by atoms with Crippen LogP contribution in [-0.2, 0) is 0 Å². The maximum absolute atomic E-state index is 12.5. The molecule has 2 N–H and O–H groups in total. The quantitative estimate of drug-likeness (QED) is 0.618. The molecule has 0 aliphatic carbocycles. The molecule has 1 aliphatic rings. The average molecular weight is 386 g/mol. The lowest BCUT2D eigenvalue weighted by atomic mass is 10.1. The first-order valence-corrected chi connectivity index (χ1v) is 10.1. The van der Waals surface area contributed by atoms with Crippen LogP contribution in [0.15, 0.2) is 72.9 Å². The van der Waals surface area contributed by atoms with Crippen LogP contribution in [-0.4, -0.2) is 24.0 Å². The van der Waals surface area contributed by atoms with Gasteiger partial charge in [-0.05, 0) is 61.7 Å². The highest BCUT2D eigenvalue weighted by atomic mass is 16.1. The SMILES string of the molecule is CC(Nc1ccc(C(=O)Nc2ccc(N3CCCC3)cc2)cn1)c1ccccc1. The number of aromatic nitrogens is 1. The van der Waals surface area contributed by atoms with E-state index >= 15 is 0 Å². The second-order valence-electron chi connectivity index (χ2n) is 7.40. The van der Waals surface area contributed by atoms with Crippen molar-refractivity contribution in [3.8, 4) is 0 Å². The van der Waals surface area contributed by atoms with Crippen molar-refractivity contribution in [2.75, 3.05) is 28.6 Å². The lowest BCUT2D eigenvalue weighted by molar-refractivity contribution is 0.102. The molecule has 3 aromatic rings. The van der Waals surface area contributed by atoms with Gasteiger partial charge in [0, 0.05) is 36.7 Å². The average Bonchev–Trinajstić information content (AvgIpc) is 3.30. The highest BCUT2D eigenvalue weighted by Gasteiger charge is 2.13. The fraction of sp³-hybridized carbons (Fsp3) is 0.250. The number of hydrogen-bond acceptors (Lipinski definition) is 4. The minimum absolute atomic E-state index is 0.137. The normalized spacial score (nSPS) is 14.4. The summed E-state index contributed by atoms with van der Waals surface area (Å²) >= 11 is 0. The Hall–Kier alpha value is -3.34. The number of carbonyl (C=O) groups is 1. The van der Waals surface area contributed by atoms with Gasteiger partial charge in [0.05, 0.1) is 5.56 Å². The highest BCUT2D eigenvalue weighted by molar-refractivity contribution is 6.04. The molecule has 4 rings (SSSR count). The third-order valence-electron chi connectivity index (χ3n) is 5.29. The van der Waals surface area contributed by atoms with E-state index in [1.807, 2.05) is 36.4 Å². The summed E-state index contributed by atoms with van der Waals surface area (Å²) < 4.78 is 0. The smallest absolute Gasteiger partial charge is 0.257 e. The molecule has 1 unspecified atom stereocenters. The van der Waals surface area contributed by atoms with Gasteiger partial charge in [0.25, 0.3) is 5.91 Å². The van der Waals surface area contributed by atoms with Gasteiger partial charge < -0.3 is 15.5 Å². The Labute approximate surface area is 171 Å². The molecular weight excluding hydrogens is 360 g/mol. The number of carbonyl (C=O) groups excluding carboxylic acids is 1. The first-order chi connectivity index (χ1) is 14.2. The summed E-state index contributed by atoms with van der Waals surface area (Å²) in [6.07, 6.45) is 4.11. The van der Waals surface area contributed by atoms with Gasteiger partial charge >= 0.3 is 0 Å². The zero-order chi connectivity index (χ0) is 20.1. The van der Waals surface area contributed by atoms with Crippen molar-refractivity contribution < 1.29 is 4.79 Å². The van der Waals surface area contributed by atoms with Crippen LogP contribution in [0.2, 0.25) is 0 Å². The number of nitrogens with zero attached hydrogens (tertiary/aromatic N) is 2. The van der Waals surface area contributed by atoms with Gasteiger partial charge in [-0.25, -0.2) is 4.98 Å². The molecule has 5 nitrogen and oxygen atoms in total. The lowest BCUT2D eigenvalue weighted by Gasteiger charge is -2.17. The van der Waals surface area contributed by atoms with E-state index in [4.69, 9.17) is 0 Å². The fourth-order valence-corrected chi connectivity index (χ4v) is 3.59. The Morgan fingerprint density at radius 2 is 1.69 bits per heavy atom. The predicted octanol–water partition coefficient (Wildman–Crippen LogP) is 5.11. The van der Waals surface area contributed by atoms with E-state index in [9.17, 15) is 4.79 Å². The van der Waals surface area contributed by atoms with Gasteiger partial charge in [-0.3, -0.25) is 4.79 Å². The molecule has 1 aliphatic heterocycles. The number of anilines is 3. The Morgan fingerprint density at radius 1 is 0.966 bits per heavy atom. The molecule has 1 amide bonds. The minimum Gasteiger partial charge on any atom is -0.372 e. The molecule has 1 saturated heterocycles. The van der Waals surface area contributed by atoms with E-state index in [1.165, 1.54) is 24.1 Å². The summed E-state index contributed by atoms with van der Waals surface area (Å²) in [6.45, 7) is 4.31. The number of benzene rings is 2. The molecule has 1 aromatic heterocycles. The molecule has 148 valence electrons. The summed E-state index contributed by atoms with van der Waals surface area (Å²) in [4.78, 5) is 19.3. The van der Waals surface area contributed by atoms with Crippen molar-refractivity contribution in [2.24, 2.45) is 0 Å². The van der Waals surface area contributed by atoms with Crippen molar-refractivity contribution in [1.29, 1.82) is 0 Å². The fourth-order valence-electron chi connectivity index (χ4n) is 3.59. The van der Waals surface area contributed by atoms with Crippen LogP contribution in [0.3, 0.4) is 0 Å². The molecule has 0 spiro atoms. The van der Waals surface area contributed by atoms with Crippen LogP contribution >= 0.6 is 0 Å². The Kier molecular flexibility index (Phi) is 5.75. The second-order valence-corrected chi connectivity index (χ2v) is 7.40. The Balaban J connectivity index is 1.35. The second kappa shape index (κ2) is 8.78.